The topological polar surface area (TPSA) is 54.5 Å². The molecule has 0 aliphatic heterocycles. The SMILES string of the molecule is C=CCSc1nnc2c(n1)[nH]c1ccccc12. The van der Waals surface area contributed by atoms with E-state index in [1.165, 1.54) is 11.8 Å². The first-order valence-electron chi connectivity index (χ1n) is 5.23. The molecular formula is C12H10N4S. The lowest BCUT2D eigenvalue weighted by Crippen LogP contribution is -1.91. The molecule has 0 aliphatic carbocycles. The van der Waals surface area contributed by atoms with Gasteiger partial charge in [-0.05, 0) is 6.07 Å². The third-order valence-electron chi connectivity index (χ3n) is 2.43. The molecule has 0 amide bonds. The van der Waals surface area contributed by atoms with Crippen LogP contribution in [0.25, 0.3) is 22.1 Å². The highest BCUT2D eigenvalue weighted by Gasteiger charge is 2.08. The van der Waals surface area contributed by atoms with Crippen molar-refractivity contribution in [1.82, 2.24) is 20.2 Å². The van der Waals surface area contributed by atoms with E-state index in [9.17, 15) is 0 Å². The number of aromatic nitrogens is 4. The fourth-order valence-electron chi connectivity index (χ4n) is 1.70. The highest BCUT2D eigenvalue weighted by Crippen LogP contribution is 2.22. The van der Waals surface area contributed by atoms with E-state index in [1.54, 1.807) is 0 Å². The molecule has 5 heteroatoms. The quantitative estimate of drug-likeness (QED) is 0.567. The molecule has 0 saturated heterocycles. The summed E-state index contributed by atoms with van der Waals surface area (Å²) >= 11 is 1.52. The standard InChI is InChI=1S/C12H10N4S/c1-2-7-17-12-14-11-10(15-16-12)8-5-3-4-6-9(8)13-11/h2-6H,1,7H2,(H,13,14,16). The second-order valence-corrected chi connectivity index (χ2v) is 4.55. The molecule has 3 rings (SSSR count). The van der Waals surface area contributed by atoms with E-state index in [1.807, 2.05) is 30.3 Å². The fraction of sp³-hybridized carbons (Fsp3) is 0.0833. The number of para-hydroxylation sites is 1. The first-order chi connectivity index (χ1) is 8.38. The van der Waals surface area contributed by atoms with Crippen LogP contribution in [0.4, 0.5) is 0 Å². The van der Waals surface area contributed by atoms with Crippen molar-refractivity contribution in [3.8, 4) is 0 Å². The smallest absolute Gasteiger partial charge is 0.211 e. The Morgan fingerprint density at radius 1 is 1.29 bits per heavy atom. The van der Waals surface area contributed by atoms with Crippen LogP contribution in [0.5, 0.6) is 0 Å². The number of fused-ring (bicyclic) bond motifs is 3. The average Bonchev–Trinajstić information content (AvgIpc) is 2.74. The summed E-state index contributed by atoms with van der Waals surface area (Å²) in [6.07, 6.45) is 1.82. The lowest BCUT2D eigenvalue weighted by Gasteiger charge is -1.94. The van der Waals surface area contributed by atoms with Gasteiger partial charge in [0.05, 0.1) is 0 Å². The van der Waals surface area contributed by atoms with Crippen molar-refractivity contribution in [2.75, 3.05) is 5.75 Å². The van der Waals surface area contributed by atoms with Crippen molar-refractivity contribution in [3.63, 3.8) is 0 Å². The molecule has 4 nitrogen and oxygen atoms in total. The molecule has 2 heterocycles. The van der Waals surface area contributed by atoms with Gasteiger partial charge in [-0.2, -0.15) is 0 Å². The van der Waals surface area contributed by atoms with Crippen LogP contribution in [0.1, 0.15) is 0 Å². The molecule has 0 unspecified atom stereocenters. The minimum atomic E-state index is 0.670. The molecule has 0 atom stereocenters. The molecule has 0 bridgehead atoms. The molecule has 0 fully saturated rings. The van der Waals surface area contributed by atoms with Gasteiger partial charge in [0.15, 0.2) is 5.65 Å². The van der Waals surface area contributed by atoms with E-state index >= 15 is 0 Å². The van der Waals surface area contributed by atoms with Gasteiger partial charge in [-0.3, -0.25) is 0 Å². The van der Waals surface area contributed by atoms with Gasteiger partial charge in [0.2, 0.25) is 5.16 Å². The van der Waals surface area contributed by atoms with Gasteiger partial charge >= 0.3 is 0 Å². The minimum absolute atomic E-state index is 0.670. The van der Waals surface area contributed by atoms with Crippen LogP contribution in [0.2, 0.25) is 0 Å². The zero-order valence-electron chi connectivity index (χ0n) is 9.05. The maximum Gasteiger partial charge on any atom is 0.211 e. The summed E-state index contributed by atoms with van der Waals surface area (Å²) in [7, 11) is 0. The molecule has 1 N–H and O–H groups in total. The summed E-state index contributed by atoms with van der Waals surface area (Å²) < 4.78 is 0. The molecule has 0 radical (unpaired) electrons. The number of H-pyrrole nitrogens is 1. The summed E-state index contributed by atoms with van der Waals surface area (Å²) in [5, 5.41) is 10.1. The van der Waals surface area contributed by atoms with Gasteiger partial charge < -0.3 is 4.98 Å². The van der Waals surface area contributed by atoms with Crippen LogP contribution in [0.15, 0.2) is 42.1 Å². The van der Waals surface area contributed by atoms with Gasteiger partial charge in [0, 0.05) is 16.7 Å². The number of thioether (sulfide) groups is 1. The Morgan fingerprint density at radius 2 is 2.18 bits per heavy atom. The van der Waals surface area contributed by atoms with E-state index in [0.717, 1.165) is 27.8 Å². The number of rotatable bonds is 3. The first kappa shape index (κ1) is 10.3. The van der Waals surface area contributed by atoms with E-state index in [-0.39, 0.29) is 0 Å². The Labute approximate surface area is 102 Å². The number of nitrogens with one attached hydrogen (secondary N) is 1. The van der Waals surface area contributed by atoms with Gasteiger partial charge in [0.1, 0.15) is 5.52 Å². The van der Waals surface area contributed by atoms with Gasteiger partial charge in [-0.15, -0.1) is 16.8 Å². The first-order valence-corrected chi connectivity index (χ1v) is 6.22. The number of hydrogen-bond donors (Lipinski definition) is 1. The Morgan fingerprint density at radius 3 is 3.06 bits per heavy atom. The molecule has 84 valence electrons. The Hall–Kier alpha value is -1.88. The maximum absolute atomic E-state index is 4.44. The molecular weight excluding hydrogens is 232 g/mol. The van der Waals surface area contributed by atoms with Crippen molar-refractivity contribution in [3.05, 3.63) is 36.9 Å². The number of aromatic amines is 1. The van der Waals surface area contributed by atoms with Crippen LogP contribution in [0, 0.1) is 0 Å². The Balaban J connectivity index is 2.16. The molecule has 1 aromatic carbocycles. The highest BCUT2D eigenvalue weighted by atomic mass is 32.2. The predicted molar refractivity (Wildman–Crippen MR) is 70.1 cm³/mol. The summed E-state index contributed by atoms with van der Waals surface area (Å²) in [4.78, 5) is 7.68. The number of hydrogen-bond acceptors (Lipinski definition) is 4. The molecule has 17 heavy (non-hydrogen) atoms. The molecule has 2 aromatic heterocycles. The van der Waals surface area contributed by atoms with Crippen LogP contribution in [-0.4, -0.2) is 25.9 Å². The largest absolute Gasteiger partial charge is 0.338 e. The lowest BCUT2D eigenvalue weighted by atomic mass is 10.2. The van der Waals surface area contributed by atoms with E-state index < -0.39 is 0 Å². The van der Waals surface area contributed by atoms with Crippen molar-refractivity contribution < 1.29 is 0 Å². The minimum Gasteiger partial charge on any atom is -0.338 e. The fourth-order valence-corrected chi connectivity index (χ4v) is 2.22. The van der Waals surface area contributed by atoms with Crippen LogP contribution < -0.4 is 0 Å². The van der Waals surface area contributed by atoms with E-state index in [4.69, 9.17) is 0 Å². The highest BCUT2D eigenvalue weighted by molar-refractivity contribution is 7.99. The van der Waals surface area contributed by atoms with Gasteiger partial charge in [0.25, 0.3) is 0 Å². The van der Waals surface area contributed by atoms with Crippen LogP contribution in [0.3, 0.4) is 0 Å². The zero-order chi connectivity index (χ0) is 11.7. The monoisotopic (exact) mass is 242 g/mol. The second-order valence-electron chi connectivity index (χ2n) is 3.56. The zero-order valence-corrected chi connectivity index (χ0v) is 9.87. The predicted octanol–water partition coefficient (Wildman–Crippen LogP) is 2.78. The van der Waals surface area contributed by atoms with Crippen molar-refractivity contribution >= 4 is 33.8 Å². The molecule has 3 aromatic rings. The van der Waals surface area contributed by atoms with E-state index in [0.29, 0.717) is 5.16 Å². The summed E-state index contributed by atoms with van der Waals surface area (Å²) in [5.41, 5.74) is 2.64. The number of benzene rings is 1. The molecule has 0 aliphatic rings. The average molecular weight is 242 g/mol. The van der Waals surface area contributed by atoms with Crippen LogP contribution in [-0.2, 0) is 0 Å². The second kappa shape index (κ2) is 4.18. The normalized spacial score (nSPS) is 11.1. The maximum atomic E-state index is 4.44. The third-order valence-corrected chi connectivity index (χ3v) is 3.27. The van der Waals surface area contributed by atoms with Gasteiger partial charge in [-0.1, -0.05) is 36.0 Å². The molecule has 0 spiro atoms. The van der Waals surface area contributed by atoms with Crippen molar-refractivity contribution in [2.24, 2.45) is 0 Å². The molecule has 0 saturated carbocycles. The third kappa shape index (κ3) is 1.78. The number of nitrogens with zero attached hydrogens (tertiary/aromatic N) is 3. The summed E-state index contributed by atoms with van der Waals surface area (Å²) in [5.74, 6) is 0.785. The Kier molecular flexibility index (Phi) is 2.53. The van der Waals surface area contributed by atoms with E-state index in [2.05, 4.69) is 26.7 Å². The van der Waals surface area contributed by atoms with Gasteiger partial charge in [-0.25, -0.2) is 4.98 Å². The van der Waals surface area contributed by atoms with Crippen molar-refractivity contribution in [2.45, 2.75) is 5.16 Å². The van der Waals surface area contributed by atoms with Crippen LogP contribution >= 0.6 is 11.8 Å². The Bertz CT molecular complexity index is 689. The lowest BCUT2D eigenvalue weighted by molar-refractivity contribution is 0.879. The summed E-state index contributed by atoms with van der Waals surface area (Å²) in [6, 6.07) is 7.99. The van der Waals surface area contributed by atoms with Crippen molar-refractivity contribution in [1.29, 1.82) is 0 Å². The summed E-state index contributed by atoms with van der Waals surface area (Å²) in [6.45, 7) is 3.67.